The fourth-order valence-corrected chi connectivity index (χ4v) is 1.86. The lowest BCUT2D eigenvalue weighted by atomic mass is 10.2. The van der Waals surface area contributed by atoms with E-state index in [9.17, 15) is 0 Å². The smallest absolute Gasteiger partial charge is 0.151 e. The van der Waals surface area contributed by atoms with Gasteiger partial charge < -0.3 is 10.6 Å². The normalized spacial score (nSPS) is 15.5. The van der Waals surface area contributed by atoms with E-state index in [-0.39, 0.29) is 0 Å². The Morgan fingerprint density at radius 1 is 1.38 bits per heavy atom. The van der Waals surface area contributed by atoms with Gasteiger partial charge in [-0.1, -0.05) is 0 Å². The van der Waals surface area contributed by atoms with Crippen molar-refractivity contribution in [3.63, 3.8) is 0 Å². The zero-order chi connectivity index (χ0) is 11.5. The van der Waals surface area contributed by atoms with Gasteiger partial charge in [0.1, 0.15) is 0 Å². The zero-order valence-electron chi connectivity index (χ0n) is 10.1. The summed E-state index contributed by atoms with van der Waals surface area (Å²) in [5.41, 5.74) is 6.74. The number of nitrogens with two attached hydrogens (primary N) is 1. The van der Waals surface area contributed by atoms with Crippen LogP contribution >= 0.6 is 0 Å². The van der Waals surface area contributed by atoms with E-state index in [1.54, 1.807) is 0 Å². The van der Waals surface area contributed by atoms with Crippen molar-refractivity contribution in [2.24, 2.45) is 5.73 Å². The molecule has 0 atom stereocenters. The van der Waals surface area contributed by atoms with E-state index in [2.05, 4.69) is 41.1 Å². The van der Waals surface area contributed by atoms with E-state index in [4.69, 9.17) is 5.73 Å². The SMILES string of the molecule is CC(C)N(CCN)c1ccc(C2CC2)nn1. The van der Waals surface area contributed by atoms with Crippen LogP contribution in [0.3, 0.4) is 0 Å². The summed E-state index contributed by atoms with van der Waals surface area (Å²) in [6.45, 7) is 5.76. The Bertz CT molecular complexity index is 329. The number of rotatable bonds is 5. The number of nitrogens with zero attached hydrogens (tertiary/aromatic N) is 3. The molecule has 1 fully saturated rings. The summed E-state index contributed by atoms with van der Waals surface area (Å²) in [7, 11) is 0. The lowest BCUT2D eigenvalue weighted by molar-refractivity contribution is 0.666. The molecule has 1 saturated carbocycles. The standard InChI is InChI=1S/C12H20N4/c1-9(2)16(8-7-13)12-6-5-11(14-15-12)10-3-4-10/h5-6,9-10H,3-4,7-8,13H2,1-2H3. The van der Waals surface area contributed by atoms with Crippen molar-refractivity contribution in [1.82, 2.24) is 10.2 Å². The summed E-state index contributed by atoms with van der Waals surface area (Å²) in [5.74, 6) is 1.61. The minimum absolute atomic E-state index is 0.407. The van der Waals surface area contributed by atoms with Crippen LogP contribution in [0, 0.1) is 0 Å². The molecule has 0 spiro atoms. The van der Waals surface area contributed by atoms with Gasteiger partial charge in [-0.25, -0.2) is 0 Å². The molecule has 0 unspecified atom stereocenters. The van der Waals surface area contributed by atoms with Crippen molar-refractivity contribution >= 4 is 5.82 Å². The van der Waals surface area contributed by atoms with E-state index in [1.807, 2.05) is 0 Å². The molecular weight excluding hydrogens is 200 g/mol. The first-order valence-electron chi connectivity index (χ1n) is 6.02. The molecule has 4 heteroatoms. The van der Waals surface area contributed by atoms with Crippen LogP contribution in [0.15, 0.2) is 12.1 Å². The Balaban J connectivity index is 2.11. The van der Waals surface area contributed by atoms with Gasteiger partial charge in [0.05, 0.1) is 5.69 Å². The summed E-state index contributed by atoms with van der Waals surface area (Å²) in [6, 6.07) is 4.58. The van der Waals surface area contributed by atoms with Crippen LogP contribution in [0.5, 0.6) is 0 Å². The Hall–Kier alpha value is -1.16. The molecule has 2 rings (SSSR count). The van der Waals surface area contributed by atoms with E-state index >= 15 is 0 Å². The Kier molecular flexibility index (Phi) is 3.39. The van der Waals surface area contributed by atoms with E-state index < -0.39 is 0 Å². The maximum Gasteiger partial charge on any atom is 0.151 e. The second-order valence-corrected chi connectivity index (χ2v) is 4.67. The van der Waals surface area contributed by atoms with Gasteiger partial charge in [0, 0.05) is 25.0 Å². The van der Waals surface area contributed by atoms with Crippen LogP contribution in [-0.4, -0.2) is 29.3 Å². The first-order valence-corrected chi connectivity index (χ1v) is 6.02. The molecule has 88 valence electrons. The third-order valence-corrected chi connectivity index (χ3v) is 2.95. The highest BCUT2D eigenvalue weighted by Crippen LogP contribution is 2.38. The first-order chi connectivity index (χ1) is 7.72. The predicted molar refractivity (Wildman–Crippen MR) is 65.5 cm³/mol. The lowest BCUT2D eigenvalue weighted by Gasteiger charge is -2.26. The summed E-state index contributed by atoms with van der Waals surface area (Å²) in [4.78, 5) is 2.18. The van der Waals surface area contributed by atoms with Crippen LogP contribution < -0.4 is 10.6 Å². The Labute approximate surface area is 96.9 Å². The predicted octanol–water partition coefficient (Wildman–Crippen LogP) is 1.53. The van der Waals surface area contributed by atoms with Crippen molar-refractivity contribution in [3.05, 3.63) is 17.8 Å². The highest BCUT2D eigenvalue weighted by Gasteiger charge is 2.25. The molecule has 0 radical (unpaired) electrons. The summed E-state index contributed by atoms with van der Waals surface area (Å²) < 4.78 is 0. The van der Waals surface area contributed by atoms with Crippen molar-refractivity contribution in [2.75, 3.05) is 18.0 Å². The van der Waals surface area contributed by atoms with Crippen molar-refractivity contribution in [2.45, 2.75) is 38.6 Å². The van der Waals surface area contributed by atoms with Gasteiger partial charge in [-0.3, -0.25) is 0 Å². The highest BCUT2D eigenvalue weighted by molar-refractivity contribution is 5.39. The van der Waals surface area contributed by atoms with Crippen LogP contribution in [0.4, 0.5) is 5.82 Å². The molecule has 4 nitrogen and oxygen atoms in total. The number of hydrogen-bond donors (Lipinski definition) is 1. The Morgan fingerprint density at radius 2 is 2.12 bits per heavy atom. The van der Waals surface area contributed by atoms with E-state index in [0.717, 1.165) is 18.1 Å². The molecule has 1 heterocycles. The molecule has 2 N–H and O–H groups in total. The van der Waals surface area contributed by atoms with E-state index in [1.165, 1.54) is 12.8 Å². The third-order valence-electron chi connectivity index (χ3n) is 2.95. The van der Waals surface area contributed by atoms with Crippen molar-refractivity contribution < 1.29 is 0 Å². The molecule has 16 heavy (non-hydrogen) atoms. The van der Waals surface area contributed by atoms with Crippen LogP contribution in [-0.2, 0) is 0 Å². The minimum atomic E-state index is 0.407. The molecular formula is C12H20N4. The molecule has 1 aliphatic rings. The first kappa shape index (κ1) is 11.3. The molecule has 0 amide bonds. The average Bonchev–Trinajstić information content (AvgIpc) is 3.10. The van der Waals surface area contributed by atoms with Crippen LogP contribution in [0.2, 0.25) is 0 Å². The van der Waals surface area contributed by atoms with Gasteiger partial charge in [0.2, 0.25) is 0 Å². The maximum absolute atomic E-state index is 5.60. The summed E-state index contributed by atoms with van der Waals surface area (Å²) >= 11 is 0. The molecule has 0 saturated heterocycles. The van der Waals surface area contributed by atoms with Crippen LogP contribution in [0.25, 0.3) is 0 Å². The van der Waals surface area contributed by atoms with Gasteiger partial charge in [0.25, 0.3) is 0 Å². The third kappa shape index (κ3) is 2.50. The van der Waals surface area contributed by atoms with Gasteiger partial charge >= 0.3 is 0 Å². The maximum atomic E-state index is 5.60. The largest absolute Gasteiger partial charge is 0.351 e. The average molecular weight is 220 g/mol. The number of hydrogen-bond acceptors (Lipinski definition) is 4. The number of aromatic nitrogens is 2. The fraction of sp³-hybridized carbons (Fsp3) is 0.667. The monoisotopic (exact) mass is 220 g/mol. The molecule has 1 aliphatic carbocycles. The van der Waals surface area contributed by atoms with Gasteiger partial charge in [-0.15, -0.1) is 5.10 Å². The summed E-state index contributed by atoms with van der Waals surface area (Å²) in [6.07, 6.45) is 2.54. The second kappa shape index (κ2) is 4.78. The molecule has 0 bridgehead atoms. The molecule has 1 aromatic heterocycles. The highest BCUT2D eigenvalue weighted by atomic mass is 15.3. The van der Waals surface area contributed by atoms with E-state index in [0.29, 0.717) is 18.5 Å². The second-order valence-electron chi connectivity index (χ2n) is 4.67. The molecule has 0 aromatic carbocycles. The molecule has 0 aliphatic heterocycles. The minimum Gasteiger partial charge on any atom is -0.351 e. The fourth-order valence-electron chi connectivity index (χ4n) is 1.86. The van der Waals surface area contributed by atoms with Gasteiger partial charge in [0.15, 0.2) is 5.82 Å². The van der Waals surface area contributed by atoms with Crippen molar-refractivity contribution in [3.8, 4) is 0 Å². The Morgan fingerprint density at radius 3 is 2.56 bits per heavy atom. The number of anilines is 1. The summed E-state index contributed by atoms with van der Waals surface area (Å²) in [5, 5.41) is 8.59. The van der Waals surface area contributed by atoms with Gasteiger partial charge in [-0.2, -0.15) is 5.10 Å². The molecule has 1 aromatic rings. The topological polar surface area (TPSA) is 55.0 Å². The zero-order valence-corrected chi connectivity index (χ0v) is 10.1. The van der Waals surface area contributed by atoms with Crippen molar-refractivity contribution in [1.29, 1.82) is 0 Å². The van der Waals surface area contributed by atoms with Crippen LogP contribution in [0.1, 0.15) is 38.3 Å². The lowest BCUT2D eigenvalue weighted by Crippen LogP contribution is -2.36. The van der Waals surface area contributed by atoms with Gasteiger partial charge in [-0.05, 0) is 38.8 Å². The quantitative estimate of drug-likeness (QED) is 0.817.